The predicted octanol–water partition coefficient (Wildman–Crippen LogP) is 5.57. The van der Waals surface area contributed by atoms with Gasteiger partial charge in [0.05, 0.1) is 42.4 Å². The molecule has 8 heteroatoms. The number of aliphatic hydroxyl groups excluding tert-OH is 1. The fourth-order valence-electron chi connectivity index (χ4n) is 8.09. The zero-order chi connectivity index (χ0) is 25.1. The van der Waals surface area contributed by atoms with Crippen LogP contribution in [0.4, 0.5) is 17.6 Å². The first-order valence-electron chi connectivity index (χ1n) is 12.3. The van der Waals surface area contributed by atoms with Crippen molar-refractivity contribution in [1.29, 1.82) is 0 Å². The molecule has 1 saturated carbocycles. The molecule has 5 unspecified atom stereocenters. The molecular weight excluding hydrogens is 472 g/mol. The Morgan fingerprint density at radius 2 is 1.92 bits per heavy atom. The molecule has 3 fully saturated rings. The Bertz CT molecular complexity index is 1490. The van der Waals surface area contributed by atoms with Crippen molar-refractivity contribution in [3.8, 4) is 17.0 Å². The summed E-state index contributed by atoms with van der Waals surface area (Å²) in [6.45, 7) is 4.59. The van der Waals surface area contributed by atoms with Crippen molar-refractivity contribution in [2.45, 2.75) is 43.5 Å². The van der Waals surface area contributed by atoms with E-state index in [1.54, 1.807) is 18.2 Å². The molecule has 4 heterocycles. The van der Waals surface area contributed by atoms with Gasteiger partial charge >= 0.3 is 0 Å². The van der Waals surface area contributed by atoms with Crippen molar-refractivity contribution in [3.05, 3.63) is 71.3 Å². The van der Waals surface area contributed by atoms with E-state index in [1.807, 2.05) is 6.08 Å². The summed E-state index contributed by atoms with van der Waals surface area (Å²) in [5.74, 6) is -5.42. The Balaban J connectivity index is 1.57. The molecule has 0 amide bonds. The Morgan fingerprint density at radius 1 is 1.14 bits per heavy atom. The summed E-state index contributed by atoms with van der Waals surface area (Å²) in [5.41, 5.74) is 0.124. The van der Waals surface area contributed by atoms with Crippen LogP contribution in [0.3, 0.4) is 0 Å². The van der Waals surface area contributed by atoms with Gasteiger partial charge in [-0.25, -0.2) is 22.5 Å². The molecule has 4 aliphatic rings. The minimum absolute atomic E-state index is 0.0184. The molecule has 2 spiro atoms. The van der Waals surface area contributed by atoms with Gasteiger partial charge in [0.1, 0.15) is 30.0 Å². The summed E-state index contributed by atoms with van der Waals surface area (Å²) in [7, 11) is 1.53. The molecule has 2 bridgehead atoms. The monoisotopic (exact) mass is 497 g/mol. The van der Waals surface area contributed by atoms with Crippen molar-refractivity contribution in [1.82, 2.24) is 4.98 Å². The molecular formula is C28H25F4N2O2+. The van der Waals surface area contributed by atoms with Gasteiger partial charge in [-0.2, -0.15) is 0 Å². The van der Waals surface area contributed by atoms with Crippen LogP contribution in [0.1, 0.15) is 36.5 Å². The number of aromatic nitrogens is 1. The molecule has 3 aromatic rings. The zero-order valence-electron chi connectivity index (χ0n) is 19.7. The van der Waals surface area contributed by atoms with Crippen LogP contribution in [-0.4, -0.2) is 39.8 Å². The molecule has 2 saturated heterocycles. The number of quaternary nitrogens is 1. The van der Waals surface area contributed by atoms with Crippen molar-refractivity contribution in [3.63, 3.8) is 0 Å². The minimum Gasteiger partial charge on any atom is -0.497 e. The average Bonchev–Trinajstić information content (AvgIpc) is 3.02. The van der Waals surface area contributed by atoms with Crippen molar-refractivity contribution < 1.29 is 31.9 Å². The molecule has 4 nitrogen and oxygen atoms in total. The molecule has 2 aromatic carbocycles. The van der Waals surface area contributed by atoms with E-state index in [1.165, 1.54) is 13.2 Å². The number of benzene rings is 2. The van der Waals surface area contributed by atoms with Crippen LogP contribution in [-0.2, 0) is 6.54 Å². The number of aliphatic hydroxyl groups is 1. The Hall–Kier alpha value is -2.97. The van der Waals surface area contributed by atoms with Gasteiger partial charge in [0.15, 0.2) is 23.3 Å². The van der Waals surface area contributed by atoms with Crippen LogP contribution in [0.5, 0.6) is 5.75 Å². The van der Waals surface area contributed by atoms with Crippen LogP contribution in [0.25, 0.3) is 22.2 Å². The second-order valence-electron chi connectivity index (χ2n) is 10.8. The number of fused-ring (bicyclic) bond motifs is 6. The van der Waals surface area contributed by atoms with Gasteiger partial charge in [0.2, 0.25) is 0 Å². The standard InChI is InChI=1S/C28H25F4N2O2/c1-3-13-11-28-6-7-34(28)12-17-22(24(30)26(32)25(31)23(17)29)20-9-16(27(35)21(34)10-18(13)28)15-8-14(36-2)4-5-19(15)33-20/h3-5,8-9,13,18,21,27,35H,1,6-7,10-12H2,2H3/q+1/t13?,18?,21?,27-,28?,34?/m1/s1. The van der Waals surface area contributed by atoms with E-state index in [0.29, 0.717) is 39.7 Å². The Kier molecular flexibility index (Phi) is 4.37. The lowest BCUT2D eigenvalue weighted by molar-refractivity contribution is -1.05. The number of allylic oxidation sites excluding steroid dienone is 1. The van der Waals surface area contributed by atoms with Crippen LogP contribution < -0.4 is 4.74 Å². The SMILES string of the molecule is C=CC1CC23CC[N+]24Cc2c(F)c(F)c(F)c(F)c2-c2cc(c5cc(OC)ccc5n2)[C@@H](O)C4CC13. The van der Waals surface area contributed by atoms with Gasteiger partial charge in [0.25, 0.3) is 0 Å². The number of hydrogen-bond donors (Lipinski definition) is 1. The van der Waals surface area contributed by atoms with Crippen LogP contribution in [0.15, 0.2) is 36.9 Å². The van der Waals surface area contributed by atoms with E-state index < -0.39 is 29.4 Å². The molecule has 0 radical (unpaired) electrons. The maximum Gasteiger partial charge on any atom is 0.198 e. The maximum absolute atomic E-state index is 15.5. The molecule has 6 atom stereocenters. The smallest absolute Gasteiger partial charge is 0.198 e. The predicted molar refractivity (Wildman–Crippen MR) is 125 cm³/mol. The number of ether oxygens (including phenoxy) is 1. The van der Waals surface area contributed by atoms with E-state index >= 15 is 8.78 Å². The summed E-state index contributed by atoms with van der Waals surface area (Å²) in [5, 5.41) is 12.6. The third kappa shape index (κ3) is 2.40. The summed E-state index contributed by atoms with van der Waals surface area (Å²) in [4.78, 5) is 4.52. The van der Waals surface area contributed by atoms with Crippen molar-refractivity contribution in [2.24, 2.45) is 11.8 Å². The van der Waals surface area contributed by atoms with Crippen molar-refractivity contribution >= 4 is 10.9 Å². The second-order valence-corrected chi connectivity index (χ2v) is 10.8. The summed E-state index contributed by atoms with van der Waals surface area (Å²) in [6.07, 6.45) is 3.38. The van der Waals surface area contributed by atoms with Gasteiger partial charge in [0, 0.05) is 24.1 Å². The highest BCUT2D eigenvalue weighted by atomic mass is 19.2. The zero-order valence-corrected chi connectivity index (χ0v) is 19.7. The van der Waals surface area contributed by atoms with E-state index in [2.05, 4.69) is 11.6 Å². The molecule has 1 aliphatic carbocycles. The van der Waals surface area contributed by atoms with E-state index in [4.69, 9.17) is 4.74 Å². The minimum atomic E-state index is -1.85. The summed E-state index contributed by atoms with van der Waals surface area (Å²) >= 11 is 0. The molecule has 186 valence electrons. The summed E-state index contributed by atoms with van der Waals surface area (Å²) < 4.78 is 65.8. The van der Waals surface area contributed by atoms with Gasteiger partial charge in [-0.05, 0) is 35.7 Å². The van der Waals surface area contributed by atoms with E-state index in [0.717, 1.165) is 12.8 Å². The quantitative estimate of drug-likeness (QED) is 0.166. The first-order chi connectivity index (χ1) is 17.3. The number of hydrogen-bond acceptors (Lipinski definition) is 3. The first-order valence-corrected chi connectivity index (χ1v) is 12.3. The third-order valence-corrected chi connectivity index (χ3v) is 9.85. The number of rotatable bonds is 2. The molecule has 1 N–H and O–H groups in total. The first kappa shape index (κ1) is 22.2. The van der Waals surface area contributed by atoms with Gasteiger partial charge in [-0.1, -0.05) is 6.08 Å². The van der Waals surface area contributed by atoms with Gasteiger partial charge in [-0.15, -0.1) is 6.58 Å². The topological polar surface area (TPSA) is 42.4 Å². The lowest BCUT2D eigenvalue weighted by atomic mass is 9.54. The average molecular weight is 498 g/mol. The Labute approximate surface area is 205 Å². The number of methoxy groups -OCH3 is 1. The maximum atomic E-state index is 15.5. The highest BCUT2D eigenvalue weighted by molar-refractivity contribution is 5.87. The normalized spacial score (nSPS) is 33.6. The van der Waals surface area contributed by atoms with Crippen LogP contribution >= 0.6 is 0 Å². The van der Waals surface area contributed by atoms with Gasteiger partial charge in [-0.3, -0.25) is 0 Å². The lowest BCUT2D eigenvalue weighted by Crippen LogP contribution is -2.79. The third-order valence-electron chi connectivity index (χ3n) is 9.85. The Morgan fingerprint density at radius 3 is 2.61 bits per heavy atom. The summed E-state index contributed by atoms with van der Waals surface area (Å²) in [6, 6.07) is 6.30. The molecule has 7 rings (SSSR count). The highest BCUT2D eigenvalue weighted by Gasteiger charge is 2.78. The van der Waals surface area contributed by atoms with Crippen molar-refractivity contribution in [2.75, 3.05) is 13.7 Å². The van der Waals surface area contributed by atoms with Crippen LogP contribution in [0, 0.1) is 35.1 Å². The van der Waals surface area contributed by atoms with Crippen LogP contribution in [0.2, 0.25) is 0 Å². The highest BCUT2D eigenvalue weighted by Crippen LogP contribution is 2.70. The number of halogens is 4. The second kappa shape index (κ2) is 7.07. The van der Waals surface area contributed by atoms with E-state index in [9.17, 15) is 13.9 Å². The number of nitrogens with zero attached hydrogens (tertiary/aromatic N) is 2. The molecule has 36 heavy (non-hydrogen) atoms. The number of pyridine rings is 1. The molecule has 1 aromatic heterocycles. The largest absolute Gasteiger partial charge is 0.497 e. The lowest BCUT2D eigenvalue weighted by Gasteiger charge is -2.67. The fraction of sp³-hybridized carbons (Fsp3) is 0.393. The fourth-order valence-corrected chi connectivity index (χ4v) is 8.09. The molecule has 3 aliphatic heterocycles. The van der Waals surface area contributed by atoms with E-state index in [-0.39, 0.29) is 46.8 Å². The van der Waals surface area contributed by atoms with Gasteiger partial charge < -0.3 is 14.3 Å².